The molecule has 3 rings (SSSR count). The minimum atomic E-state index is -0.157. The van der Waals surface area contributed by atoms with Crippen molar-refractivity contribution in [3.63, 3.8) is 0 Å². The second kappa shape index (κ2) is 8.76. The normalized spacial score (nSPS) is 10.7. The number of hydrogen-bond acceptors (Lipinski definition) is 5. The van der Waals surface area contributed by atoms with E-state index in [1.165, 1.54) is 13.2 Å². The van der Waals surface area contributed by atoms with E-state index in [2.05, 4.69) is 0 Å². The molecule has 138 valence electrons. The minimum absolute atomic E-state index is 0.157. The first-order chi connectivity index (χ1) is 13.2. The maximum Gasteiger partial charge on any atom is 0.189 e. The highest BCUT2D eigenvalue weighted by molar-refractivity contribution is 6.08. The Labute approximate surface area is 157 Å². The van der Waals surface area contributed by atoms with Crippen LogP contribution in [0, 0.1) is 0 Å². The zero-order chi connectivity index (χ0) is 19.1. The standard InChI is InChI=1S/C22H20O5/c1-24-20-8-4-3-7-18(20)19(23)14-13-16-11-12-17(27-16)15-26-22-10-6-5-9-21(22)25-2/h3-14H,15H2,1-2H3/b14-13+. The largest absolute Gasteiger partial charge is 0.496 e. The van der Waals surface area contributed by atoms with Crippen LogP contribution in [0.2, 0.25) is 0 Å². The number of para-hydroxylation sites is 3. The van der Waals surface area contributed by atoms with Crippen molar-refractivity contribution in [2.24, 2.45) is 0 Å². The summed E-state index contributed by atoms with van der Waals surface area (Å²) in [6, 6.07) is 18.1. The van der Waals surface area contributed by atoms with Gasteiger partial charge >= 0.3 is 0 Å². The van der Waals surface area contributed by atoms with Crippen molar-refractivity contribution in [2.45, 2.75) is 6.61 Å². The molecule has 0 atom stereocenters. The van der Waals surface area contributed by atoms with Gasteiger partial charge in [0, 0.05) is 0 Å². The first-order valence-electron chi connectivity index (χ1n) is 8.41. The number of carbonyl (C=O) groups is 1. The molecule has 2 aromatic carbocycles. The molecule has 0 aliphatic heterocycles. The lowest BCUT2D eigenvalue weighted by molar-refractivity contribution is 0.104. The van der Waals surface area contributed by atoms with Crippen LogP contribution in [-0.4, -0.2) is 20.0 Å². The molecular weight excluding hydrogens is 344 g/mol. The minimum Gasteiger partial charge on any atom is -0.496 e. The van der Waals surface area contributed by atoms with Crippen molar-refractivity contribution in [3.8, 4) is 17.2 Å². The number of rotatable bonds is 8. The van der Waals surface area contributed by atoms with Gasteiger partial charge in [-0.05, 0) is 48.6 Å². The van der Waals surface area contributed by atoms with E-state index in [0.29, 0.717) is 34.3 Å². The molecule has 0 spiro atoms. The molecule has 1 heterocycles. The van der Waals surface area contributed by atoms with E-state index >= 15 is 0 Å². The van der Waals surface area contributed by atoms with Crippen molar-refractivity contribution in [1.29, 1.82) is 0 Å². The molecule has 0 saturated carbocycles. The quantitative estimate of drug-likeness (QED) is 0.426. The van der Waals surface area contributed by atoms with Gasteiger partial charge in [-0.25, -0.2) is 0 Å². The van der Waals surface area contributed by atoms with Crippen LogP contribution < -0.4 is 14.2 Å². The SMILES string of the molecule is COc1ccccc1OCc1ccc(/C=C/C(=O)c2ccccc2OC)o1. The Morgan fingerprint density at radius 3 is 2.30 bits per heavy atom. The maximum atomic E-state index is 12.3. The number of allylic oxidation sites excluding steroid dienone is 1. The van der Waals surface area contributed by atoms with Crippen LogP contribution in [0.15, 0.2) is 71.2 Å². The smallest absolute Gasteiger partial charge is 0.189 e. The average molecular weight is 364 g/mol. The Morgan fingerprint density at radius 1 is 0.889 bits per heavy atom. The summed E-state index contributed by atoms with van der Waals surface area (Å²) >= 11 is 0. The predicted molar refractivity (Wildman–Crippen MR) is 102 cm³/mol. The van der Waals surface area contributed by atoms with Gasteiger partial charge in [-0.2, -0.15) is 0 Å². The van der Waals surface area contributed by atoms with Gasteiger partial charge in [0.2, 0.25) is 0 Å². The third-order valence-corrected chi connectivity index (χ3v) is 3.89. The molecule has 0 fully saturated rings. The van der Waals surface area contributed by atoms with Gasteiger partial charge in [-0.1, -0.05) is 24.3 Å². The van der Waals surface area contributed by atoms with Crippen LogP contribution in [-0.2, 0) is 6.61 Å². The lowest BCUT2D eigenvalue weighted by Gasteiger charge is -2.08. The molecule has 0 amide bonds. The first kappa shape index (κ1) is 18.3. The average Bonchev–Trinajstić information content (AvgIpc) is 3.18. The summed E-state index contributed by atoms with van der Waals surface area (Å²) in [6.45, 7) is 0.259. The Bertz CT molecular complexity index is 939. The van der Waals surface area contributed by atoms with Crippen LogP contribution in [0.4, 0.5) is 0 Å². The summed E-state index contributed by atoms with van der Waals surface area (Å²) in [7, 11) is 3.13. The number of ketones is 1. The molecule has 5 heteroatoms. The molecule has 0 aliphatic rings. The summed E-state index contributed by atoms with van der Waals surface area (Å²) in [6.07, 6.45) is 3.09. The Hall–Kier alpha value is -3.47. The number of ether oxygens (including phenoxy) is 3. The van der Waals surface area contributed by atoms with Crippen molar-refractivity contribution in [1.82, 2.24) is 0 Å². The van der Waals surface area contributed by atoms with Gasteiger partial charge < -0.3 is 18.6 Å². The maximum absolute atomic E-state index is 12.3. The molecule has 27 heavy (non-hydrogen) atoms. The van der Waals surface area contributed by atoms with Crippen molar-refractivity contribution in [3.05, 3.63) is 83.8 Å². The van der Waals surface area contributed by atoms with Crippen LogP contribution >= 0.6 is 0 Å². The van der Waals surface area contributed by atoms with E-state index in [9.17, 15) is 4.79 Å². The summed E-state index contributed by atoms with van der Waals surface area (Å²) < 4.78 is 21.9. The highest BCUT2D eigenvalue weighted by atomic mass is 16.5. The van der Waals surface area contributed by atoms with Crippen molar-refractivity contribution in [2.75, 3.05) is 14.2 Å². The second-order valence-electron chi connectivity index (χ2n) is 5.64. The summed E-state index contributed by atoms with van der Waals surface area (Å²) in [4.78, 5) is 12.3. The molecule has 1 aromatic heterocycles. The lowest BCUT2D eigenvalue weighted by atomic mass is 10.1. The Kier molecular flexibility index (Phi) is 5.94. The van der Waals surface area contributed by atoms with Gasteiger partial charge in [-0.15, -0.1) is 0 Å². The molecule has 0 bridgehead atoms. The van der Waals surface area contributed by atoms with Crippen molar-refractivity contribution < 1.29 is 23.4 Å². The second-order valence-corrected chi connectivity index (χ2v) is 5.64. The van der Waals surface area contributed by atoms with Crippen molar-refractivity contribution >= 4 is 11.9 Å². The number of furan rings is 1. The van der Waals surface area contributed by atoms with Gasteiger partial charge in [0.05, 0.1) is 19.8 Å². The van der Waals surface area contributed by atoms with Crippen LogP contribution in [0.5, 0.6) is 17.2 Å². The monoisotopic (exact) mass is 364 g/mol. The number of benzene rings is 2. The third-order valence-electron chi connectivity index (χ3n) is 3.89. The molecule has 5 nitrogen and oxygen atoms in total. The lowest BCUT2D eigenvalue weighted by Crippen LogP contribution is -1.98. The van der Waals surface area contributed by atoms with Gasteiger partial charge in [-0.3, -0.25) is 4.79 Å². The topological polar surface area (TPSA) is 57.9 Å². The molecule has 0 N–H and O–H groups in total. The van der Waals surface area contributed by atoms with Crippen LogP contribution in [0.3, 0.4) is 0 Å². The molecule has 0 aliphatic carbocycles. The van der Waals surface area contributed by atoms with E-state index in [-0.39, 0.29) is 12.4 Å². The van der Waals surface area contributed by atoms with E-state index < -0.39 is 0 Å². The Morgan fingerprint density at radius 2 is 1.56 bits per heavy atom. The van der Waals surface area contributed by atoms with Gasteiger partial charge in [0.25, 0.3) is 0 Å². The highest BCUT2D eigenvalue weighted by Crippen LogP contribution is 2.27. The fourth-order valence-electron chi connectivity index (χ4n) is 2.54. The highest BCUT2D eigenvalue weighted by Gasteiger charge is 2.09. The fraction of sp³-hybridized carbons (Fsp3) is 0.136. The first-order valence-corrected chi connectivity index (χ1v) is 8.41. The molecule has 0 unspecified atom stereocenters. The zero-order valence-corrected chi connectivity index (χ0v) is 15.2. The Balaban J connectivity index is 1.64. The number of hydrogen-bond donors (Lipinski definition) is 0. The summed E-state index contributed by atoms with van der Waals surface area (Å²) in [5.74, 6) is 2.89. The molecule has 3 aromatic rings. The van der Waals surface area contributed by atoms with E-state index in [0.717, 1.165) is 0 Å². The van der Waals surface area contributed by atoms with Crippen LogP contribution in [0.25, 0.3) is 6.08 Å². The van der Waals surface area contributed by atoms with Gasteiger partial charge in [0.15, 0.2) is 17.3 Å². The van der Waals surface area contributed by atoms with E-state index in [1.54, 1.807) is 37.5 Å². The fourth-order valence-corrected chi connectivity index (χ4v) is 2.54. The molecule has 0 saturated heterocycles. The zero-order valence-electron chi connectivity index (χ0n) is 15.2. The molecule has 0 radical (unpaired) electrons. The number of carbonyl (C=O) groups excluding carboxylic acids is 1. The van der Waals surface area contributed by atoms with Gasteiger partial charge in [0.1, 0.15) is 23.9 Å². The number of methoxy groups -OCH3 is 2. The predicted octanol–water partition coefficient (Wildman–Crippen LogP) is 4.77. The van der Waals surface area contributed by atoms with Crippen LogP contribution in [0.1, 0.15) is 21.9 Å². The summed E-state index contributed by atoms with van der Waals surface area (Å²) in [5, 5.41) is 0. The third kappa shape index (κ3) is 4.58. The molecular formula is C22H20O5. The van der Waals surface area contributed by atoms with E-state index in [1.807, 2.05) is 36.4 Å². The van der Waals surface area contributed by atoms with E-state index in [4.69, 9.17) is 18.6 Å². The summed E-state index contributed by atoms with van der Waals surface area (Å²) in [5.41, 5.74) is 0.502.